The Kier molecular flexibility index (Phi) is 8.54. The highest BCUT2D eigenvalue weighted by Crippen LogP contribution is 2.44. The van der Waals surface area contributed by atoms with Gasteiger partial charge in [0.05, 0.1) is 33.5 Å². The Hall–Kier alpha value is -5.83. The summed E-state index contributed by atoms with van der Waals surface area (Å²) in [6, 6.07) is 14.2. The maximum atomic E-state index is 15.8. The summed E-state index contributed by atoms with van der Waals surface area (Å²) in [7, 11) is 1.72. The van der Waals surface area contributed by atoms with Crippen LogP contribution in [0.25, 0.3) is 33.8 Å². The zero-order valence-corrected chi connectivity index (χ0v) is 31.9. The number of piperidine rings is 1. The number of nitrogens with zero attached hydrogens (tertiary/aromatic N) is 7. The molecule has 1 unspecified atom stereocenters. The number of aromatic nitrogens is 5. The van der Waals surface area contributed by atoms with Crippen molar-refractivity contribution in [3.63, 3.8) is 0 Å². The number of hydrogen-bond acceptors (Lipinski definition) is 9. The van der Waals surface area contributed by atoms with Crippen LogP contribution in [-0.2, 0) is 22.1 Å². The lowest BCUT2D eigenvalue weighted by Gasteiger charge is -2.45. The fourth-order valence-corrected chi connectivity index (χ4v) is 9.85. The molecule has 7 heterocycles. The van der Waals surface area contributed by atoms with Gasteiger partial charge in [-0.2, -0.15) is 0 Å². The maximum absolute atomic E-state index is 15.8. The molecule has 0 radical (unpaired) electrons. The molecule has 5 aromatic rings. The average Bonchev–Trinajstić information content (AvgIpc) is 3.93. The molecule has 3 N–H and O–H groups in total. The van der Waals surface area contributed by atoms with E-state index in [0.717, 1.165) is 99.8 Å². The Balaban J connectivity index is 0.754. The summed E-state index contributed by atoms with van der Waals surface area (Å²) in [6.45, 7) is 6.80. The normalized spacial score (nSPS) is 21.2. The van der Waals surface area contributed by atoms with Crippen molar-refractivity contribution in [2.45, 2.75) is 50.0 Å². The SMILES string of the molecule is Cn1c(=O)n(C2CCC(=O)NC2=O)c2ccc(N3CC(CN4CCN(c5ccc(-c6nccc(-c7cc8c([nH]7)C7(CCCC7)CNC8=O)n6)c(F)c5)CC4)C3)cc21. The first-order valence-electron chi connectivity index (χ1n) is 20.1. The standard InChI is InChI=1S/C42H45FN10O4/c1-49-35-19-27(5-7-33(35)53(41(49)57)34-8-9-36(54)48-40(34)56)52-22-25(23-52)21-50-14-16-51(17-15-50)26-4-6-28(30(43)18-26)38-44-13-10-31(47-38)32-20-29-37(46-32)42(11-2-3-12-42)24-45-39(29)55/h4-7,10,13,18-20,25,34,46H,2-3,8-9,11-12,14-17,21-24H2,1H3,(H,45,55)(H,48,54,56). The fourth-order valence-electron chi connectivity index (χ4n) is 9.85. The number of rotatable bonds is 7. The topological polar surface area (TPSA) is 153 Å². The number of benzene rings is 2. The van der Waals surface area contributed by atoms with Gasteiger partial charge in [-0.25, -0.2) is 19.2 Å². The van der Waals surface area contributed by atoms with Gasteiger partial charge in [-0.15, -0.1) is 0 Å². The molecule has 1 spiro atoms. The quantitative estimate of drug-likeness (QED) is 0.210. The largest absolute Gasteiger partial charge is 0.371 e. The average molecular weight is 773 g/mol. The Bertz CT molecular complexity index is 2500. The van der Waals surface area contributed by atoms with Crippen LogP contribution < -0.4 is 26.1 Å². The molecule has 2 aromatic carbocycles. The van der Waals surface area contributed by atoms with Gasteiger partial charge in [-0.1, -0.05) is 12.8 Å². The molecule has 15 heteroatoms. The molecule has 0 bridgehead atoms. The van der Waals surface area contributed by atoms with E-state index in [0.29, 0.717) is 47.0 Å². The van der Waals surface area contributed by atoms with Crippen LogP contribution in [0.15, 0.2) is 59.5 Å². The lowest BCUT2D eigenvalue weighted by atomic mass is 9.78. The molecule has 1 atom stereocenters. The van der Waals surface area contributed by atoms with E-state index >= 15 is 4.39 Å². The van der Waals surface area contributed by atoms with E-state index in [-0.39, 0.29) is 35.2 Å². The highest BCUT2D eigenvalue weighted by molar-refractivity contribution is 6.00. The van der Waals surface area contributed by atoms with Gasteiger partial charge in [0.2, 0.25) is 11.8 Å². The molecule has 10 rings (SSSR count). The predicted octanol–water partition coefficient (Wildman–Crippen LogP) is 3.72. The van der Waals surface area contributed by atoms with Crippen LogP contribution in [0.1, 0.15) is 60.6 Å². The molecular weight excluding hydrogens is 728 g/mol. The summed E-state index contributed by atoms with van der Waals surface area (Å²) >= 11 is 0. The van der Waals surface area contributed by atoms with Crippen LogP contribution in [0.3, 0.4) is 0 Å². The lowest BCUT2D eigenvalue weighted by molar-refractivity contribution is -0.135. The van der Waals surface area contributed by atoms with Crippen LogP contribution in [0.5, 0.6) is 0 Å². The van der Waals surface area contributed by atoms with Crippen LogP contribution in [-0.4, -0.2) is 99.1 Å². The zero-order chi connectivity index (χ0) is 39.0. The van der Waals surface area contributed by atoms with E-state index in [4.69, 9.17) is 4.98 Å². The first-order valence-corrected chi connectivity index (χ1v) is 20.1. The van der Waals surface area contributed by atoms with E-state index in [1.54, 1.807) is 36.0 Å². The third kappa shape index (κ3) is 6.10. The molecule has 14 nitrogen and oxygen atoms in total. The van der Waals surface area contributed by atoms with E-state index < -0.39 is 11.9 Å². The van der Waals surface area contributed by atoms with Gasteiger partial charge in [0.1, 0.15) is 11.9 Å². The number of fused-ring (bicyclic) bond motifs is 3. The number of anilines is 2. The minimum absolute atomic E-state index is 0.0533. The third-order valence-corrected chi connectivity index (χ3v) is 13.0. The molecule has 3 aromatic heterocycles. The molecule has 5 aliphatic rings. The van der Waals surface area contributed by atoms with Gasteiger partial charge >= 0.3 is 5.69 Å². The number of imide groups is 1. The summed E-state index contributed by atoms with van der Waals surface area (Å²) in [5, 5.41) is 5.44. The van der Waals surface area contributed by atoms with Gasteiger partial charge in [-0.3, -0.25) is 33.7 Å². The number of carbonyl (C=O) groups is 3. The molecule has 3 saturated heterocycles. The number of H-pyrrole nitrogens is 1. The molecule has 294 valence electrons. The molecule has 4 fully saturated rings. The monoisotopic (exact) mass is 772 g/mol. The van der Waals surface area contributed by atoms with Crippen molar-refractivity contribution in [1.29, 1.82) is 0 Å². The second kappa shape index (κ2) is 13.7. The Labute approximate surface area is 328 Å². The Morgan fingerprint density at radius 2 is 1.65 bits per heavy atom. The number of amides is 3. The first-order chi connectivity index (χ1) is 27.6. The van der Waals surface area contributed by atoms with Crippen molar-refractivity contribution in [1.82, 2.24) is 39.6 Å². The van der Waals surface area contributed by atoms with E-state index in [1.165, 1.54) is 4.57 Å². The van der Waals surface area contributed by atoms with E-state index in [1.807, 2.05) is 30.3 Å². The summed E-state index contributed by atoms with van der Waals surface area (Å²) in [5.74, 6) is -0.371. The van der Waals surface area contributed by atoms with Crippen LogP contribution in [0.4, 0.5) is 15.8 Å². The van der Waals surface area contributed by atoms with Crippen LogP contribution in [0.2, 0.25) is 0 Å². The van der Waals surface area contributed by atoms with Crippen molar-refractivity contribution in [3.8, 4) is 22.8 Å². The van der Waals surface area contributed by atoms with Crippen LogP contribution >= 0.6 is 0 Å². The lowest BCUT2D eigenvalue weighted by Crippen LogP contribution is -2.55. The number of nitrogens with one attached hydrogen (secondary N) is 3. The zero-order valence-electron chi connectivity index (χ0n) is 31.9. The summed E-state index contributed by atoms with van der Waals surface area (Å²) in [6.07, 6.45) is 6.53. The van der Waals surface area contributed by atoms with Crippen molar-refractivity contribution in [2.24, 2.45) is 13.0 Å². The molecule has 3 amide bonds. The van der Waals surface area contributed by atoms with Crippen molar-refractivity contribution in [2.75, 3.05) is 62.2 Å². The third-order valence-electron chi connectivity index (χ3n) is 13.0. The molecule has 57 heavy (non-hydrogen) atoms. The number of imidazole rings is 1. The fraction of sp³-hybridized carbons (Fsp3) is 0.429. The van der Waals surface area contributed by atoms with Gasteiger partial charge in [0.15, 0.2) is 5.82 Å². The smallest absolute Gasteiger partial charge is 0.329 e. The number of aromatic amines is 1. The predicted molar refractivity (Wildman–Crippen MR) is 213 cm³/mol. The summed E-state index contributed by atoms with van der Waals surface area (Å²) < 4.78 is 18.8. The van der Waals surface area contributed by atoms with Crippen molar-refractivity contribution in [3.05, 3.63) is 82.3 Å². The van der Waals surface area contributed by atoms with Crippen LogP contribution in [0, 0.1) is 11.7 Å². The minimum Gasteiger partial charge on any atom is -0.371 e. The minimum atomic E-state index is -0.701. The molecule has 1 saturated carbocycles. The molecular formula is C42H45FN10O4. The number of halogens is 1. The Morgan fingerprint density at radius 3 is 2.42 bits per heavy atom. The molecule has 4 aliphatic heterocycles. The number of hydrogen-bond donors (Lipinski definition) is 3. The summed E-state index contributed by atoms with van der Waals surface area (Å²) in [4.78, 5) is 69.9. The van der Waals surface area contributed by atoms with E-state index in [9.17, 15) is 19.2 Å². The summed E-state index contributed by atoms with van der Waals surface area (Å²) in [5.41, 5.74) is 6.37. The Morgan fingerprint density at radius 1 is 0.877 bits per heavy atom. The second-order valence-electron chi connectivity index (χ2n) is 16.5. The van der Waals surface area contributed by atoms with Gasteiger partial charge < -0.3 is 20.1 Å². The first kappa shape index (κ1) is 35.6. The number of piperazine rings is 1. The maximum Gasteiger partial charge on any atom is 0.329 e. The van der Waals surface area contributed by atoms with E-state index in [2.05, 4.69) is 35.3 Å². The molecule has 1 aliphatic carbocycles. The number of carbonyl (C=O) groups excluding carboxylic acids is 3. The van der Waals surface area contributed by atoms with Crippen molar-refractivity contribution >= 4 is 40.1 Å². The highest BCUT2D eigenvalue weighted by atomic mass is 19.1. The highest BCUT2D eigenvalue weighted by Gasteiger charge is 2.43. The number of aryl methyl sites for hydroxylation is 1. The van der Waals surface area contributed by atoms with Gasteiger partial charge in [0.25, 0.3) is 5.91 Å². The second-order valence-corrected chi connectivity index (χ2v) is 16.5. The van der Waals surface area contributed by atoms with Gasteiger partial charge in [-0.05, 0) is 67.8 Å². The van der Waals surface area contributed by atoms with Crippen molar-refractivity contribution < 1.29 is 18.8 Å². The van der Waals surface area contributed by atoms with Gasteiger partial charge in [0, 0.05) is 100 Å².